The minimum Gasteiger partial charge on any atom is -0.486 e. The van der Waals surface area contributed by atoms with Crippen LogP contribution in [-0.4, -0.2) is 21.0 Å². The minimum absolute atomic E-state index is 0.138. The van der Waals surface area contributed by atoms with Gasteiger partial charge in [-0.2, -0.15) is 0 Å². The molecule has 5 nitrogen and oxygen atoms in total. The first kappa shape index (κ1) is 13.1. The zero-order valence-corrected chi connectivity index (χ0v) is 10.8. The van der Waals surface area contributed by atoms with Gasteiger partial charge in [-0.3, -0.25) is 0 Å². The van der Waals surface area contributed by atoms with Crippen LogP contribution in [0.25, 0.3) is 11.0 Å². The third-order valence-corrected chi connectivity index (χ3v) is 2.95. The topological polar surface area (TPSA) is 75.2 Å². The molecule has 1 aromatic heterocycles. The molecule has 2 N–H and O–H groups in total. The molecule has 0 amide bonds. The van der Waals surface area contributed by atoms with Crippen LogP contribution < -0.4 is 4.74 Å². The first-order chi connectivity index (χ1) is 10.1. The molecule has 0 radical (unpaired) electrons. The Morgan fingerprint density at radius 3 is 2.76 bits per heavy atom. The third kappa shape index (κ3) is 2.69. The van der Waals surface area contributed by atoms with E-state index in [9.17, 15) is 9.18 Å². The second-order valence-electron chi connectivity index (χ2n) is 4.44. The van der Waals surface area contributed by atoms with Gasteiger partial charge in [-0.1, -0.05) is 18.2 Å². The summed E-state index contributed by atoms with van der Waals surface area (Å²) in [5.41, 5.74) is 0.377. The maximum Gasteiger partial charge on any atom is 0.338 e. The molecule has 3 aromatic rings. The van der Waals surface area contributed by atoms with Gasteiger partial charge in [0.25, 0.3) is 0 Å². The van der Waals surface area contributed by atoms with Crippen molar-refractivity contribution in [3.05, 3.63) is 59.7 Å². The lowest BCUT2D eigenvalue weighted by atomic mass is 10.2. The zero-order chi connectivity index (χ0) is 14.8. The smallest absolute Gasteiger partial charge is 0.338 e. The van der Waals surface area contributed by atoms with Crippen molar-refractivity contribution >= 4 is 17.0 Å². The van der Waals surface area contributed by atoms with Gasteiger partial charge in [0.15, 0.2) is 0 Å². The lowest BCUT2D eigenvalue weighted by molar-refractivity contribution is 0.0698. The van der Waals surface area contributed by atoms with Crippen LogP contribution in [0.3, 0.4) is 0 Å². The molecule has 21 heavy (non-hydrogen) atoms. The van der Waals surface area contributed by atoms with E-state index < -0.39 is 11.8 Å². The van der Waals surface area contributed by atoms with Crippen molar-refractivity contribution in [3.63, 3.8) is 0 Å². The van der Waals surface area contributed by atoms with Crippen LogP contribution in [0.5, 0.6) is 5.75 Å². The van der Waals surface area contributed by atoms with E-state index in [1.54, 1.807) is 12.1 Å². The lowest BCUT2D eigenvalue weighted by Crippen LogP contribution is -1.99. The summed E-state index contributed by atoms with van der Waals surface area (Å²) in [5.74, 6) is -0.745. The number of imidazole rings is 1. The Morgan fingerprint density at radius 1 is 1.29 bits per heavy atom. The van der Waals surface area contributed by atoms with Crippen molar-refractivity contribution in [3.8, 4) is 5.75 Å². The van der Waals surface area contributed by atoms with E-state index in [-0.39, 0.29) is 17.7 Å². The van der Waals surface area contributed by atoms with Gasteiger partial charge in [-0.05, 0) is 24.3 Å². The average molecular weight is 286 g/mol. The second-order valence-corrected chi connectivity index (χ2v) is 4.44. The fourth-order valence-electron chi connectivity index (χ4n) is 2.03. The highest BCUT2D eigenvalue weighted by Crippen LogP contribution is 2.20. The Labute approximate surface area is 119 Å². The van der Waals surface area contributed by atoms with Crippen LogP contribution in [0.15, 0.2) is 42.5 Å². The standard InChI is InChI=1S/C15H11FN2O3/c16-9-6-11(15(19)20)14-12(7-9)17-13(18-14)8-21-10-4-2-1-3-5-10/h1-7H,8H2,(H,17,18)(H,19,20). The molecule has 0 aliphatic heterocycles. The van der Waals surface area contributed by atoms with Crippen molar-refractivity contribution in [2.45, 2.75) is 6.61 Å². The van der Waals surface area contributed by atoms with Crippen molar-refractivity contribution in [2.75, 3.05) is 0 Å². The number of aromatic amines is 1. The summed E-state index contributed by atoms with van der Waals surface area (Å²) in [6, 6.07) is 11.3. The first-order valence-electron chi connectivity index (χ1n) is 6.23. The van der Waals surface area contributed by atoms with Crippen molar-refractivity contribution in [1.82, 2.24) is 9.97 Å². The number of benzene rings is 2. The SMILES string of the molecule is O=C(O)c1cc(F)cc2[nH]c(COc3ccccc3)nc12. The van der Waals surface area contributed by atoms with Gasteiger partial charge in [0.05, 0.1) is 11.1 Å². The van der Waals surface area contributed by atoms with E-state index in [0.29, 0.717) is 17.1 Å². The summed E-state index contributed by atoms with van der Waals surface area (Å²) in [4.78, 5) is 18.1. The molecule has 1 heterocycles. The second kappa shape index (κ2) is 5.24. The Balaban J connectivity index is 1.90. The van der Waals surface area contributed by atoms with Gasteiger partial charge in [0, 0.05) is 0 Å². The Kier molecular flexibility index (Phi) is 3.27. The van der Waals surface area contributed by atoms with Gasteiger partial charge in [-0.15, -0.1) is 0 Å². The molecule has 0 saturated carbocycles. The number of nitrogens with one attached hydrogen (secondary N) is 1. The third-order valence-electron chi connectivity index (χ3n) is 2.95. The predicted octanol–water partition coefficient (Wildman–Crippen LogP) is 2.98. The highest BCUT2D eigenvalue weighted by molar-refractivity contribution is 6.00. The summed E-state index contributed by atoms with van der Waals surface area (Å²) in [6.07, 6.45) is 0. The fourth-order valence-corrected chi connectivity index (χ4v) is 2.03. The van der Waals surface area contributed by atoms with Crippen LogP contribution in [0.2, 0.25) is 0 Å². The van der Waals surface area contributed by atoms with E-state index in [2.05, 4.69) is 9.97 Å². The number of carboxylic acid groups (broad SMARTS) is 1. The molecule has 0 spiro atoms. The highest BCUT2D eigenvalue weighted by atomic mass is 19.1. The summed E-state index contributed by atoms with van der Waals surface area (Å²) in [5, 5.41) is 9.07. The number of hydrogen-bond donors (Lipinski definition) is 2. The Hall–Kier alpha value is -2.89. The first-order valence-corrected chi connectivity index (χ1v) is 6.23. The van der Waals surface area contributed by atoms with E-state index >= 15 is 0 Å². The molecular formula is C15H11FN2O3. The number of carbonyl (C=O) groups is 1. The van der Waals surface area contributed by atoms with Gasteiger partial charge in [-0.25, -0.2) is 14.2 Å². The summed E-state index contributed by atoms with van der Waals surface area (Å²) in [7, 11) is 0. The summed E-state index contributed by atoms with van der Waals surface area (Å²) in [6.45, 7) is 0.138. The number of aromatic nitrogens is 2. The summed E-state index contributed by atoms with van der Waals surface area (Å²) >= 11 is 0. The zero-order valence-electron chi connectivity index (χ0n) is 10.8. The monoisotopic (exact) mass is 286 g/mol. The van der Waals surface area contributed by atoms with Gasteiger partial charge >= 0.3 is 5.97 Å². The molecule has 0 unspecified atom stereocenters. The van der Waals surface area contributed by atoms with E-state index in [1.165, 1.54) is 6.07 Å². The molecule has 0 bridgehead atoms. The molecule has 6 heteroatoms. The minimum atomic E-state index is -1.22. The maximum atomic E-state index is 13.4. The van der Waals surface area contributed by atoms with Gasteiger partial charge in [0.1, 0.15) is 29.5 Å². The van der Waals surface area contributed by atoms with Crippen LogP contribution in [0.1, 0.15) is 16.2 Å². The number of para-hydroxylation sites is 1. The highest BCUT2D eigenvalue weighted by Gasteiger charge is 2.15. The number of rotatable bonds is 4. The predicted molar refractivity (Wildman–Crippen MR) is 73.8 cm³/mol. The quantitative estimate of drug-likeness (QED) is 0.773. The normalized spacial score (nSPS) is 10.7. The average Bonchev–Trinajstić information content (AvgIpc) is 2.87. The van der Waals surface area contributed by atoms with Crippen LogP contribution in [0.4, 0.5) is 4.39 Å². The molecule has 0 atom stereocenters. The van der Waals surface area contributed by atoms with Gasteiger partial charge in [0.2, 0.25) is 0 Å². The number of halogens is 1. The number of ether oxygens (including phenoxy) is 1. The van der Waals surface area contributed by atoms with Crippen molar-refractivity contribution in [2.24, 2.45) is 0 Å². The van der Waals surface area contributed by atoms with Crippen LogP contribution in [0, 0.1) is 5.82 Å². The van der Waals surface area contributed by atoms with Crippen LogP contribution in [-0.2, 0) is 6.61 Å². The fraction of sp³-hybridized carbons (Fsp3) is 0.0667. The number of carboxylic acids is 1. The molecule has 2 aromatic carbocycles. The molecule has 0 saturated heterocycles. The largest absolute Gasteiger partial charge is 0.486 e. The number of nitrogens with zero attached hydrogens (tertiary/aromatic N) is 1. The Morgan fingerprint density at radius 2 is 2.05 bits per heavy atom. The molecule has 0 fully saturated rings. The Bertz CT molecular complexity index is 799. The van der Waals surface area contributed by atoms with E-state index in [4.69, 9.17) is 9.84 Å². The number of fused-ring (bicyclic) bond motifs is 1. The number of hydrogen-bond acceptors (Lipinski definition) is 3. The van der Waals surface area contributed by atoms with E-state index in [1.807, 2.05) is 18.2 Å². The number of aromatic carboxylic acids is 1. The van der Waals surface area contributed by atoms with Crippen molar-refractivity contribution < 1.29 is 19.0 Å². The molecule has 0 aliphatic carbocycles. The van der Waals surface area contributed by atoms with Crippen LogP contribution >= 0.6 is 0 Å². The molecular weight excluding hydrogens is 275 g/mol. The van der Waals surface area contributed by atoms with Gasteiger partial charge < -0.3 is 14.8 Å². The lowest BCUT2D eigenvalue weighted by Gasteiger charge is -2.02. The van der Waals surface area contributed by atoms with E-state index in [0.717, 1.165) is 6.07 Å². The molecule has 0 aliphatic rings. The number of H-pyrrole nitrogens is 1. The molecule has 3 rings (SSSR count). The summed E-state index contributed by atoms with van der Waals surface area (Å²) < 4.78 is 18.9. The maximum absolute atomic E-state index is 13.4. The van der Waals surface area contributed by atoms with Crippen molar-refractivity contribution in [1.29, 1.82) is 0 Å². The molecule has 106 valence electrons.